The van der Waals surface area contributed by atoms with Crippen molar-refractivity contribution >= 4 is 78.6 Å². The second-order valence-electron chi connectivity index (χ2n) is 18.7. The molecule has 2 unspecified atom stereocenters. The standard InChI is InChI=1S/C65H42P2/c1-66-57-34-11-6-21-49(57)62-44(27-16-36-59(62)66)39-23-13-25-46-52(39)38-53-40(45-28-17-37-60-63(45)50-22-7-12-35-58(50)67(60)2)24-14-26-47(53)61(46)51-30-15-29-48-43-20-5-10-33-56(43)65(64(48)51)54-31-8-3-18-41(54)42-19-4-9-32-55(42)65/h3-38H,1-2H3. The largest absolute Gasteiger partial charge is 0.112 e. The Morgan fingerprint density at radius 1 is 0.269 bits per heavy atom. The van der Waals surface area contributed by atoms with Gasteiger partial charge in [-0.1, -0.05) is 212 Å². The van der Waals surface area contributed by atoms with Crippen LogP contribution in [0.2, 0.25) is 0 Å². The maximum Gasteiger partial charge on any atom is 0.0731 e. The molecule has 0 saturated carbocycles. The maximum absolute atomic E-state index is 2.57. The van der Waals surface area contributed by atoms with Crippen LogP contribution in [0.1, 0.15) is 22.3 Å². The van der Waals surface area contributed by atoms with Gasteiger partial charge in [-0.2, -0.15) is 0 Å². The molecule has 67 heavy (non-hydrogen) atoms. The molecule has 312 valence electrons. The summed E-state index contributed by atoms with van der Waals surface area (Å²) >= 11 is 0. The van der Waals surface area contributed by atoms with Gasteiger partial charge in [0.2, 0.25) is 0 Å². The lowest BCUT2D eigenvalue weighted by Crippen LogP contribution is -2.26. The minimum Gasteiger partial charge on any atom is -0.112 e. The quantitative estimate of drug-likeness (QED) is 0.155. The lowest BCUT2D eigenvalue weighted by atomic mass is 9.68. The minimum atomic E-state index is -0.496. The van der Waals surface area contributed by atoms with Gasteiger partial charge in [0.25, 0.3) is 0 Å². The van der Waals surface area contributed by atoms with Crippen LogP contribution in [0.5, 0.6) is 0 Å². The van der Waals surface area contributed by atoms with Crippen LogP contribution < -0.4 is 0 Å². The highest BCUT2D eigenvalue weighted by Gasteiger charge is 2.52. The summed E-state index contributed by atoms with van der Waals surface area (Å²) in [5, 5.41) is 16.6. The molecule has 2 atom stereocenters. The highest BCUT2D eigenvalue weighted by atomic mass is 31.1. The summed E-state index contributed by atoms with van der Waals surface area (Å²) in [5.74, 6) is 0. The number of benzene rings is 11. The van der Waals surface area contributed by atoms with E-state index < -0.39 is 20.5 Å². The van der Waals surface area contributed by atoms with E-state index in [-0.39, 0.29) is 0 Å². The van der Waals surface area contributed by atoms with Gasteiger partial charge in [0.05, 0.1) is 5.41 Å². The van der Waals surface area contributed by atoms with Crippen LogP contribution in [-0.2, 0) is 18.7 Å². The highest BCUT2D eigenvalue weighted by molar-refractivity contribution is 7.60. The summed E-state index contributed by atoms with van der Waals surface area (Å²) < 4.78 is 0. The molecule has 2 heteroatoms. The first-order valence-corrected chi connectivity index (χ1v) is 27.1. The lowest BCUT2D eigenvalue weighted by molar-refractivity contribution is 0.796. The molecule has 0 fully saturated rings. The first-order chi connectivity index (χ1) is 33.1. The molecule has 2 aliphatic rings. The van der Waals surface area contributed by atoms with Crippen LogP contribution in [0.25, 0.3) is 119 Å². The lowest BCUT2D eigenvalue weighted by Gasteiger charge is -2.32. The Labute approximate surface area is 391 Å². The monoisotopic (exact) mass is 884 g/mol. The predicted octanol–water partition coefficient (Wildman–Crippen LogP) is 19.0. The fraction of sp³-hybridized carbons (Fsp3) is 0.0462. The van der Waals surface area contributed by atoms with Crippen molar-refractivity contribution < 1.29 is 0 Å². The maximum atomic E-state index is 2.57. The molecule has 0 amide bonds. The average Bonchev–Trinajstić information content (AvgIpc) is 4.07. The molecule has 0 nitrogen and oxygen atoms in total. The van der Waals surface area contributed by atoms with Gasteiger partial charge in [-0.3, -0.25) is 0 Å². The molecule has 1 spiro atoms. The Kier molecular flexibility index (Phi) is 7.77. The van der Waals surface area contributed by atoms with Gasteiger partial charge in [0.15, 0.2) is 0 Å². The van der Waals surface area contributed by atoms with Crippen molar-refractivity contribution in [1.29, 1.82) is 0 Å². The average molecular weight is 885 g/mol. The number of aryl methyl sites for hydroxylation is 2. The van der Waals surface area contributed by atoms with E-state index in [4.69, 9.17) is 0 Å². The molecule has 0 saturated heterocycles. The van der Waals surface area contributed by atoms with Gasteiger partial charge in [-0.25, -0.2) is 0 Å². The van der Waals surface area contributed by atoms with Crippen LogP contribution >= 0.6 is 15.1 Å². The van der Waals surface area contributed by atoms with Crippen LogP contribution in [-0.4, -0.2) is 0 Å². The Hall–Kier alpha value is -7.46. The van der Waals surface area contributed by atoms with Crippen molar-refractivity contribution in [3.63, 3.8) is 0 Å². The fourth-order valence-electron chi connectivity index (χ4n) is 13.2. The van der Waals surface area contributed by atoms with Crippen molar-refractivity contribution in [2.45, 2.75) is 5.41 Å². The van der Waals surface area contributed by atoms with E-state index in [0.29, 0.717) is 0 Å². The van der Waals surface area contributed by atoms with Crippen LogP contribution in [0.15, 0.2) is 218 Å². The summed E-state index contributed by atoms with van der Waals surface area (Å²) in [4.78, 5) is 0. The molecule has 11 aromatic carbocycles. The third-order valence-electron chi connectivity index (χ3n) is 15.8. The Balaban J connectivity index is 1.13. The highest BCUT2D eigenvalue weighted by Crippen LogP contribution is 2.65. The van der Waals surface area contributed by atoms with Crippen molar-refractivity contribution in [2.75, 3.05) is 0 Å². The van der Waals surface area contributed by atoms with Crippen LogP contribution in [0.3, 0.4) is 0 Å². The second kappa shape index (κ2) is 13.8. The summed E-state index contributed by atoms with van der Waals surface area (Å²) in [6.07, 6.45) is 0. The molecular weight excluding hydrogens is 843 g/mol. The first-order valence-electron chi connectivity index (χ1n) is 23.5. The van der Waals surface area contributed by atoms with Crippen LogP contribution in [0, 0.1) is 0 Å². The molecule has 2 aliphatic carbocycles. The predicted molar refractivity (Wildman–Crippen MR) is 291 cm³/mol. The third-order valence-corrected chi connectivity index (χ3v) is 20.2. The summed E-state index contributed by atoms with van der Waals surface area (Å²) in [6.45, 7) is 4.87. The normalized spacial score (nSPS) is 13.9. The minimum absolute atomic E-state index is 0.456. The number of hydrogen-bond donors (Lipinski definition) is 0. The number of rotatable bonds is 3. The van der Waals surface area contributed by atoms with E-state index in [1.165, 1.54) is 141 Å². The van der Waals surface area contributed by atoms with Crippen molar-refractivity contribution in [2.24, 2.45) is 13.3 Å². The molecule has 15 rings (SSSR count). The van der Waals surface area contributed by atoms with Crippen molar-refractivity contribution in [1.82, 2.24) is 0 Å². The van der Waals surface area contributed by atoms with Gasteiger partial charge in [-0.05, 0) is 130 Å². The topological polar surface area (TPSA) is 0 Å². The zero-order valence-corrected chi connectivity index (χ0v) is 39.0. The molecular formula is C65H42P2. The van der Waals surface area contributed by atoms with Crippen LogP contribution in [0.4, 0.5) is 0 Å². The Morgan fingerprint density at radius 3 is 1.13 bits per heavy atom. The fourth-order valence-corrected chi connectivity index (χ4v) is 17.2. The van der Waals surface area contributed by atoms with E-state index >= 15 is 0 Å². The van der Waals surface area contributed by atoms with Crippen molar-refractivity contribution in [3.05, 3.63) is 241 Å². The van der Waals surface area contributed by atoms with Crippen molar-refractivity contribution in [3.8, 4) is 55.6 Å². The SMILES string of the molecule is Cp1c2ccccc2c2c(-c3cccc4c(-c5cccc6c5C5(c7ccccc7-c7ccccc75)c5ccccc5-6)c5cccc(-c6cccc7c6c6ccccc6p7C)c5cc34)cccc21. The van der Waals surface area contributed by atoms with Gasteiger partial charge in [0, 0.05) is 31.2 Å². The summed E-state index contributed by atoms with van der Waals surface area (Å²) in [7, 11) is -0.912. The van der Waals surface area contributed by atoms with Gasteiger partial charge in [0.1, 0.15) is 0 Å². The first kappa shape index (κ1) is 37.7. The van der Waals surface area contributed by atoms with E-state index in [2.05, 4.69) is 232 Å². The Bertz CT molecular complexity index is 4070. The number of hydrogen-bond acceptors (Lipinski definition) is 0. The Morgan fingerprint density at radius 2 is 0.612 bits per heavy atom. The molecule has 2 aromatic heterocycles. The van der Waals surface area contributed by atoms with E-state index in [1.54, 1.807) is 0 Å². The molecule has 0 radical (unpaired) electrons. The van der Waals surface area contributed by atoms with E-state index in [1.807, 2.05) is 0 Å². The van der Waals surface area contributed by atoms with Gasteiger partial charge >= 0.3 is 0 Å². The zero-order chi connectivity index (χ0) is 44.1. The smallest absolute Gasteiger partial charge is 0.0731 e. The van der Waals surface area contributed by atoms with Gasteiger partial charge in [-0.15, -0.1) is 15.1 Å². The molecule has 0 aliphatic heterocycles. The van der Waals surface area contributed by atoms with Gasteiger partial charge < -0.3 is 0 Å². The molecule has 2 heterocycles. The second-order valence-corrected chi connectivity index (χ2v) is 22.9. The molecule has 0 N–H and O–H groups in total. The summed E-state index contributed by atoms with van der Waals surface area (Å²) in [5.41, 5.74) is 18.1. The van der Waals surface area contributed by atoms with E-state index in [9.17, 15) is 0 Å². The molecule has 13 aromatic rings. The molecule has 0 bridgehead atoms. The van der Waals surface area contributed by atoms with E-state index in [0.717, 1.165) is 0 Å². The zero-order valence-electron chi connectivity index (χ0n) is 37.2. The number of fused-ring (bicyclic) bond motifs is 18. The third kappa shape index (κ3) is 4.80. The summed E-state index contributed by atoms with van der Waals surface area (Å²) in [6, 6.07) is 84.1.